The summed E-state index contributed by atoms with van der Waals surface area (Å²) in [5.74, 6) is 0.208. The minimum atomic E-state index is -0.378. The highest BCUT2D eigenvalue weighted by atomic mass is 16.5. The molecule has 1 aliphatic heterocycles. The Balaban J connectivity index is 1.77. The zero-order chi connectivity index (χ0) is 24.1. The van der Waals surface area contributed by atoms with Gasteiger partial charge in [0.15, 0.2) is 0 Å². The first kappa shape index (κ1) is 23.0. The molecule has 1 aliphatic rings. The summed E-state index contributed by atoms with van der Waals surface area (Å²) in [7, 11) is 3.05. The van der Waals surface area contributed by atoms with Crippen LogP contribution in [0.3, 0.4) is 0 Å². The summed E-state index contributed by atoms with van der Waals surface area (Å²) in [4.78, 5) is 34.9. The molecule has 0 saturated carbocycles. The quantitative estimate of drug-likeness (QED) is 0.453. The topological polar surface area (TPSA) is 72.0 Å². The second-order valence-corrected chi connectivity index (χ2v) is 7.76. The lowest BCUT2D eigenvalue weighted by Gasteiger charge is -2.25. The van der Waals surface area contributed by atoms with Crippen molar-refractivity contribution in [3.8, 4) is 11.5 Å². The predicted molar refractivity (Wildman–Crippen MR) is 131 cm³/mol. The number of benzene rings is 2. The molecule has 1 aromatic heterocycles. The minimum Gasteiger partial charge on any atom is -0.497 e. The fourth-order valence-electron chi connectivity index (χ4n) is 4.11. The normalized spacial score (nSPS) is 13.4. The van der Waals surface area contributed by atoms with Gasteiger partial charge in [-0.05, 0) is 48.7 Å². The van der Waals surface area contributed by atoms with Gasteiger partial charge in [-0.1, -0.05) is 30.3 Å². The first-order valence-electron chi connectivity index (χ1n) is 11.1. The zero-order valence-corrected chi connectivity index (χ0v) is 19.5. The molecule has 0 saturated heterocycles. The van der Waals surface area contributed by atoms with E-state index in [1.807, 2.05) is 54.3 Å². The van der Waals surface area contributed by atoms with Crippen molar-refractivity contribution in [2.24, 2.45) is 0 Å². The van der Waals surface area contributed by atoms with Crippen LogP contribution in [0.1, 0.15) is 18.1 Å². The number of carbonyl (C=O) groups is 2. The Bertz CT molecular complexity index is 1210. The number of hydrogen-bond acceptors (Lipinski definition) is 6. The van der Waals surface area contributed by atoms with Gasteiger partial charge < -0.3 is 14.4 Å². The van der Waals surface area contributed by atoms with Crippen molar-refractivity contribution in [1.29, 1.82) is 0 Å². The number of anilines is 1. The van der Waals surface area contributed by atoms with Crippen molar-refractivity contribution in [3.63, 3.8) is 0 Å². The number of nitrogens with zero attached hydrogens (tertiary/aromatic N) is 3. The smallest absolute Gasteiger partial charge is 0.282 e. The number of ether oxygens (including phenoxy) is 2. The number of methoxy groups -OCH3 is 2. The molecule has 0 radical (unpaired) electrons. The van der Waals surface area contributed by atoms with E-state index >= 15 is 0 Å². The predicted octanol–water partition coefficient (Wildman–Crippen LogP) is 3.95. The summed E-state index contributed by atoms with van der Waals surface area (Å²) >= 11 is 0. The summed E-state index contributed by atoms with van der Waals surface area (Å²) in [5.41, 5.74) is 2.98. The molecule has 0 atom stereocenters. The molecule has 0 aliphatic carbocycles. The van der Waals surface area contributed by atoms with Crippen LogP contribution in [0.2, 0.25) is 0 Å². The summed E-state index contributed by atoms with van der Waals surface area (Å²) in [5, 5.41) is 0. The van der Waals surface area contributed by atoms with Crippen LogP contribution >= 0.6 is 0 Å². The maximum Gasteiger partial charge on any atom is 0.282 e. The Morgan fingerprint density at radius 2 is 1.65 bits per heavy atom. The van der Waals surface area contributed by atoms with Gasteiger partial charge in [0.25, 0.3) is 11.8 Å². The summed E-state index contributed by atoms with van der Waals surface area (Å²) in [6.45, 7) is 3.14. The van der Waals surface area contributed by atoms with Crippen LogP contribution in [-0.4, -0.2) is 49.0 Å². The third-order valence-corrected chi connectivity index (χ3v) is 5.87. The van der Waals surface area contributed by atoms with Crippen LogP contribution in [0.4, 0.5) is 5.69 Å². The lowest BCUT2D eigenvalue weighted by atomic mass is 10.0. The lowest BCUT2D eigenvalue weighted by Crippen LogP contribution is -2.36. The number of imide groups is 1. The summed E-state index contributed by atoms with van der Waals surface area (Å²) in [6, 6.07) is 18.3. The van der Waals surface area contributed by atoms with Gasteiger partial charge in [0, 0.05) is 31.5 Å². The van der Waals surface area contributed by atoms with Gasteiger partial charge in [-0.2, -0.15) is 0 Å². The van der Waals surface area contributed by atoms with E-state index < -0.39 is 0 Å². The summed E-state index contributed by atoms with van der Waals surface area (Å²) < 4.78 is 10.8. The van der Waals surface area contributed by atoms with E-state index in [0.717, 1.165) is 12.0 Å². The van der Waals surface area contributed by atoms with Crippen LogP contribution < -0.4 is 14.4 Å². The van der Waals surface area contributed by atoms with Crippen molar-refractivity contribution in [1.82, 2.24) is 9.88 Å². The van der Waals surface area contributed by atoms with Gasteiger partial charge in [0.2, 0.25) is 0 Å². The molecule has 34 heavy (non-hydrogen) atoms. The number of carbonyl (C=O) groups excluding carboxylic acids is 2. The molecule has 0 spiro atoms. The number of rotatable bonds is 9. The lowest BCUT2D eigenvalue weighted by molar-refractivity contribution is -0.120. The Morgan fingerprint density at radius 1 is 0.912 bits per heavy atom. The van der Waals surface area contributed by atoms with E-state index in [2.05, 4.69) is 4.98 Å². The van der Waals surface area contributed by atoms with Crippen LogP contribution in [-0.2, 0) is 16.0 Å². The molecular formula is C27H27N3O4. The maximum atomic E-state index is 13.8. The molecular weight excluding hydrogens is 430 g/mol. The van der Waals surface area contributed by atoms with E-state index in [-0.39, 0.29) is 11.8 Å². The molecule has 2 heterocycles. The van der Waals surface area contributed by atoms with Crippen LogP contribution in [0.15, 0.2) is 78.8 Å². The highest BCUT2D eigenvalue weighted by Gasteiger charge is 2.43. The van der Waals surface area contributed by atoms with Crippen LogP contribution in [0.25, 0.3) is 5.57 Å². The van der Waals surface area contributed by atoms with E-state index in [9.17, 15) is 9.59 Å². The Kier molecular flexibility index (Phi) is 6.92. The maximum absolute atomic E-state index is 13.8. The second-order valence-electron chi connectivity index (χ2n) is 7.76. The average Bonchev–Trinajstić information content (AvgIpc) is 3.14. The standard InChI is InChI=1S/C27H27N3O4/c1-4-29(17-14-19-12-15-28-16-13-19)25-24(20-8-6-5-7-9-20)26(31)30(27(25)32)22-11-10-21(33-2)18-23(22)34-3/h5-13,15-16,18H,4,14,17H2,1-3H3. The molecule has 2 aromatic carbocycles. The molecule has 0 N–H and O–H groups in total. The molecule has 174 valence electrons. The molecule has 0 bridgehead atoms. The van der Waals surface area contributed by atoms with Gasteiger partial charge in [0.1, 0.15) is 17.2 Å². The van der Waals surface area contributed by atoms with Crippen molar-refractivity contribution < 1.29 is 19.1 Å². The van der Waals surface area contributed by atoms with E-state index in [1.54, 1.807) is 37.7 Å². The fourth-order valence-corrected chi connectivity index (χ4v) is 4.11. The van der Waals surface area contributed by atoms with Crippen LogP contribution in [0.5, 0.6) is 11.5 Å². The number of amides is 2. The van der Waals surface area contributed by atoms with Crippen LogP contribution in [0, 0.1) is 0 Å². The van der Waals surface area contributed by atoms with Crippen molar-refractivity contribution in [2.75, 3.05) is 32.2 Å². The molecule has 4 rings (SSSR count). The summed E-state index contributed by atoms with van der Waals surface area (Å²) in [6.07, 6.45) is 4.22. The Morgan fingerprint density at radius 3 is 2.29 bits per heavy atom. The fraction of sp³-hybridized carbons (Fsp3) is 0.222. The van der Waals surface area contributed by atoms with Crippen molar-refractivity contribution in [2.45, 2.75) is 13.3 Å². The highest BCUT2D eigenvalue weighted by molar-refractivity contribution is 6.45. The largest absolute Gasteiger partial charge is 0.497 e. The minimum absolute atomic E-state index is 0.371. The zero-order valence-electron chi connectivity index (χ0n) is 19.5. The molecule has 7 heteroatoms. The third-order valence-electron chi connectivity index (χ3n) is 5.87. The Labute approximate surface area is 199 Å². The number of likely N-dealkylation sites (N-methyl/N-ethyl adjacent to an activating group) is 1. The average molecular weight is 458 g/mol. The SMILES string of the molecule is CCN(CCc1ccncc1)C1=C(c2ccccc2)C(=O)N(c2ccc(OC)cc2OC)C1=O. The monoisotopic (exact) mass is 457 g/mol. The van der Waals surface area contributed by atoms with Gasteiger partial charge in [-0.25, -0.2) is 4.90 Å². The highest BCUT2D eigenvalue weighted by Crippen LogP contribution is 2.40. The van der Waals surface area contributed by atoms with Crippen molar-refractivity contribution >= 4 is 23.1 Å². The van der Waals surface area contributed by atoms with Gasteiger partial charge in [0.05, 0.1) is 25.5 Å². The molecule has 0 fully saturated rings. The molecule has 7 nitrogen and oxygen atoms in total. The van der Waals surface area contributed by atoms with E-state index in [4.69, 9.17) is 9.47 Å². The first-order chi connectivity index (χ1) is 16.6. The number of hydrogen-bond donors (Lipinski definition) is 0. The molecule has 0 unspecified atom stereocenters. The van der Waals surface area contributed by atoms with Gasteiger partial charge in [-0.15, -0.1) is 0 Å². The van der Waals surface area contributed by atoms with Crippen molar-refractivity contribution in [3.05, 3.63) is 89.9 Å². The Hall–Kier alpha value is -4.13. The number of pyridine rings is 1. The van der Waals surface area contributed by atoms with E-state index in [1.165, 1.54) is 12.0 Å². The van der Waals surface area contributed by atoms with E-state index in [0.29, 0.717) is 47.1 Å². The number of aromatic nitrogens is 1. The van der Waals surface area contributed by atoms with Gasteiger partial charge in [-0.3, -0.25) is 14.6 Å². The molecule has 3 aromatic rings. The second kappa shape index (κ2) is 10.2. The first-order valence-corrected chi connectivity index (χ1v) is 11.1. The molecule has 2 amide bonds. The third kappa shape index (κ3) is 4.37. The van der Waals surface area contributed by atoms with Gasteiger partial charge >= 0.3 is 0 Å².